The number of ether oxygens (including phenoxy) is 1. The van der Waals surface area contributed by atoms with Crippen molar-refractivity contribution in [1.29, 1.82) is 0 Å². The SMILES string of the molecule is CC(=O)OC(=O)c1ccccc1C(=O)O.[Ca+2].[H-].[H-]. The number of esters is 2. The molecule has 0 spiro atoms. The summed E-state index contributed by atoms with van der Waals surface area (Å²) in [5.74, 6) is -2.98. The molecule has 0 unspecified atom stereocenters. The van der Waals surface area contributed by atoms with Crippen LogP contribution in [0, 0.1) is 0 Å². The standard InChI is InChI=1S/C10H8O5.Ca.2H/c1-6(11)15-10(14)8-5-3-2-4-7(8)9(12)13;;;/h2-5H,1H3,(H,12,13);;;/q;+2;2*-1. The van der Waals surface area contributed by atoms with Crippen LogP contribution >= 0.6 is 0 Å². The Balaban J connectivity index is -0.000000750. The zero-order valence-corrected chi connectivity index (χ0v) is 10.8. The molecule has 0 saturated carbocycles. The summed E-state index contributed by atoms with van der Waals surface area (Å²) in [7, 11) is 0. The summed E-state index contributed by atoms with van der Waals surface area (Å²) in [4.78, 5) is 32.5. The minimum atomic E-state index is -1.24. The maximum absolute atomic E-state index is 11.3. The van der Waals surface area contributed by atoms with E-state index in [1.54, 1.807) is 0 Å². The van der Waals surface area contributed by atoms with Crippen LogP contribution in [0.25, 0.3) is 0 Å². The number of carbonyl (C=O) groups is 3. The van der Waals surface area contributed by atoms with Gasteiger partial charge in [0, 0.05) is 6.92 Å². The van der Waals surface area contributed by atoms with Crippen molar-refractivity contribution in [1.82, 2.24) is 0 Å². The third-order valence-corrected chi connectivity index (χ3v) is 1.61. The molecule has 0 aromatic heterocycles. The van der Waals surface area contributed by atoms with Crippen LogP contribution in [0.4, 0.5) is 0 Å². The van der Waals surface area contributed by atoms with E-state index in [1.165, 1.54) is 24.3 Å². The normalized spacial score (nSPS) is 8.81. The predicted octanol–water partition coefficient (Wildman–Crippen LogP) is 0.932. The van der Waals surface area contributed by atoms with E-state index in [0.717, 1.165) is 6.92 Å². The second-order valence-electron chi connectivity index (χ2n) is 2.73. The number of carboxylic acids is 1. The van der Waals surface area contributed by atoms with Crippen molar-refractivity contribution in [3.63, 3.8) is 0 Å². The van der Waals surface area contributed by atoms with Gasteiger partial charge in [0.2, 0.25) is 0 Å². The van der Waals surface area contributed by atoms with Gasteiger partial charge in [-0.15, -0.1) is 0 Å². The van der Waals surface area contributed by atoms with Gasteiger partial charge < -0.3 is 12.7 Å². The molecule has 0 atom stereocenters. The molecule has 1 rings (SSSR count). The van der Waals surface area contributed by atoms with Crippen LogP contribution in [-0.2, 0) is 9.53 Å². The van der Waals surface area contributed by atoms with Crippen LogP contribution in [0.1, 0.15) is 30.5 Å². The van der Waals surface area contributed by atoms with Crippen LogP contribution < -0.4 is 0 Å². The number of hydrogen-bond donors (Lipinski definition) is 1. The number of benzene rings is 1. The van der Waals surface area contributed by atoms with Crippen molar-refractivity contribution in [2.75, 3.05) is 0 Å². The molecule has 16 heavy (non-hydrogen) atoms. The Bertz CT molecular complexity index is 436. The summed E-state index contributed by atoms with van der Waals surface area (Å²) in [5.41, 5.74) is -0.330. The third-order valence-electron chi connectivity index (χ3n) is 1.61. The first kappa shape index (κ1) is 15.1. The molecule has 0 radical (unpaired) electrons. The maximum Gasteiger partial charge on any atom is 2.00 e. The summed E-state index contributed by atoms with van der Waals surface area (Å²) in [6, 6.07) is 5.52. The van der Waals surface area contributed by atoms with E-state index in [9.17, 15) is 14.4 Å². The van der Waals surface area contributed by atoms with Crippen molar-refractivity contribution < 1.29 is 27.1 Å². The summed E-state index contributed by atoms with van der Waals surface area (Å²) in [6.45, 7) is 1.07. The van der Waals surface area contributed by atoms with Gasteiger partial charge >= 0.3 is 55.6 Å². The van der Waals surface area contributed by atoms with E-state index in [0.29, 0.717) is 0 Å². The molecule has 1 N–H and O–H groups in total. The van der Waals surface area contributed by atoms with Crippen LogP contribution in [0.5, 0.6) is 0 Å². The molecule has 0 aliphatic rings. The van der Waals surface area contributed by atoms with Crippen LogP contribution in [0.15, 0.2) is 24.3 Å². The smallest absolute Gasteiger partial charge is 1.00 e. The predicted molar refractivity (Wildman–Crippen MR) is 57.5 cm³/mol. The van der Waals surface area contributed by atoms with E-state index in [-0.39, 0.29) is 51.7 Å². The molecule has 0 saturated heterocycles. The summed E-state index contributed by atoms with van der Waals surface area (Å²) >= 11 is 0. The molecule has 0 bridgehead atoms. The topological polar surface area (TPSA) is 80.7 Å². The van der Waals surface area contributed by atoms with E-state index in [1.807, 2.05) is 0 Å². The first-order valence-electron chi connectivity index (χ1n) is 4.07. The van der Waals surface area contributed by atoms with Gasteiger partial charge in [-0.3, -0.25) is 4.79 Å². The van der Waals surface area contributed by atoms with Gasteiger partial charge in [0.05, 0.1) is 11.1 Å². The van der Waals surface area contributed by atoms with Crippen molar-refractivity contribution in [2.45, 2.75) is 6.92 Å². The van der Waals surface area contributed by atoms with E-state index in [4.69, 9.17) is 5.11 Å². The average molecular weight is 250 g/mol. The minimum Gasteiger partial charge on any atom is -1.00 e. The molecular formula is C10H10CaO5. The molecule has 5 nitrogen and oxygen atoms in total. The molecule has 0 fully saturated rings. The van der Waals surface area contributed by atoms with Crippen LogP contribution in [0.3, 0.4) is 0 Å². The van der Waals surface area contributed by atoms with Crippen molar-refractivity contribution >= 4 is 55.6 Å². The fraction of sp³-hybridized carbons (Fsp3) is 0.100. The van der Waals surface area contributed by atoms with Gasteiger partial charge in [0.1, 0.15) is 0 Å². The van der Waals surface area contributed by atoms with Gasteiger partial charge in [-0.25, -0.2) is 9.59 Å². The number of carboxylic acid groups (broad SMARTS) is 1. The minimum absolute atomic E-state index is 0. The van der Waals surface area contributed by atoms with Crippen LogP contribution in [-0.4, -0.2) is 60.8 Å². The zero-order chi connectivity index (χ0) is 11.4. The quantitative estimate of drug-likeness (QED) is 0.480. The van der Waals surface area contributed by atoms with E-state index in [2.05, 4.69) is 4.74 Å². The van der Waals surface area contributed by atoms with Crippen molar-refractivity contribution in [2.24, 2.45) is 0 Å². The van der Waals surface area contributed by atoms with E-state index < -0.39 is 17.9 Å². The first-order valence-corrected chi connectivity index (χ1v) is 4.07. The summed E-state index contributed by atoms with van der Waals surface area (Å²) in [6.07, 6.45) is 0. The molecule has 0 heterocycles. The molecular weight excluding hydrogens is 240 g/mol. The molecule has 0 amide bonds. The maximum atomic E-state index is 11.3. The Kier molecular flexibility index (Phi) is 6.25. The number of carbonyl (C=O) groups excluding carboxylic acids is 2. The summed E-state index contributed by atoms with van der Waals surface area (Å²) in [5, 5.41) is 8.76. The molecule has 0 aliphatic carbocycles. The Morgan fingerprint density at radius 2 is 1.69 bits per heavy atom. The van der Waals surface area contributed by atoms with Gasteiger partial charge in [0.15, 0.2) is 0 Å². The fourth-order valence-corrected chi connectivity index (χ4v) is 1.03. The van der Waals surface area contributed by atoms with Crippen molar-refractivity contribution in [3.05, 3.63) is 35.4 Å². The molecule has 0 aliphatic heterocycles. The summed E-state index contributed by atoms with van der Waals surface area (Å²) < 4.78 is 4.29. The number of rotatable bonds is 2. The number of aromatic carboxylic acids is 1. The van der Waals surface area contributed by atoms with Gasteiger partial charge in [-0.2, -0.15) is 0 Å². The van der Waals surface area contributed by atoms with Gasteiger partial charge in [0.25, 0.3) is 0 Å². The zero-order valence-electron chi connectivity index (χ0n) is 10.6. The second-order valence-corrected chi connectivity index (χ2v) is 2.73. The largest absolute Gasteiger partial charge is 2.00 e. The average Bonchev–Trinajstić information content (AvgIpc) is 2.16. The fourth-order valence-electron chi connectivity index (χ4n) is 1.03. The molecule has 1 aromatic rings. The second kappa shape index (κ2) is 6.62. The Morgan fingerprint density at radius 1 is 1.19 bits per heavy atom. The Hall–Kier alpha value is -0.910. The van der Waals surface area contributed by atoms with Crippen LogP contribution in [0.2, 0.25) is 0 Å². The van der Waals surface area contributed by atoms with Crippen molar-refractivity contribution in [3.8, 4) is 0 Å². The first-order chi connectivity index (χ1) is 7.02. The number of hydrogen-bond acceptors (Lipinski definition) is 4. The molecule has 6 heteroatoms. The molecule has 1 aromatic carbocycles. The Morgan fingerprint density at radius 3 is 2.12 bits per heavy atom. The molecule has 82 valence electrons. The van der Waals surface area contributed by atoms with E-state index >= 15 is 0 Å². The Labute approximate surface area is 124 Å². The van der Waals surface area contributed by atoms with Gasteiger partial charge in [-0.1, -0.05) is 12.1 Å². The van der Waals surface area contributed by atoms with Gasteiger partial charge in [-0.05, 0) is 12.1 Å². The third kappa shape index (κ3) is 3.92. The monoisotopic (exact) mass is 250 g/mol.